The van der Waals surface area contributed by atoms with Crippen molar-refractivity contribution in [2.75, 3.05) is 19.6 Å². The Bertz CT molecular complexity index is 696. The Kier molecular flexibility index (Phi) is 3.96. The summed E-state index contributed by atoms with van der Waals surface area (Å²) in [6, 6.07) is 7.62. The van der Waals surface area contributed by atoms with Crippen LogP contribution in [-0.2, 0) is 6.54 Å². The number of hydrogen-bond donors (Lipinski definition) is 0. The predicted octanol–water partition coefficient (Wildman–Crippen LogP) is 3.45. The maximum absolute atomic E-state index is 12.8. The van der Waals surface area contributed by atoms with Gasteiger partial charge in [0.05, 0.1) is 12.8 Å². The zero-order valence-corrected chi connectivity index (χ0v) is 14.2. The highest BCUT2D eigenvalue weighted by Gasteiger charge is 2.46. The Hall–Kier alpha value is -2.01. The van der Waals surface area contributed by atoms with Crippen molar-refractivity contribution in [3.63, 3.8) is 0 Å². The van der Waals surface area contributed by atoms with E-state index in [2.05, 4.69) is 15.9 Å². The van der Waals surface area contributed by atoms with Crippen LogP contribution in [0, 0.1) is 6.92 Å². The normalized spacial score (nSPS) is 20.8. The van der Waals surface area contributed by atoms with E-state index < -0.39 is 0 Å². The molecule has 2 aromatic heterocycles. The molecular weight excluding hydrogens is 304 g/mol. The summed E-state index contributed by atoms with van der Waals surface area (Å²) in [5, 5.41) is 0. The summed E-state index contributed by atoms with van der Waals surface area (Å²) < 4.78 is 11.0. The number of hydrogen-bond acceptors (Lipinski definition) is 4. The molecule has 1 amide bonds. The average Bonchev–Trinajstić information content (AvgIpc) is 3.31. The molecule has 2 aliphatic heterocycles. The highest BCUT2D eigenvalue weighted by molar-refractivity contribution is 5.92. The van der Waals surface area contributed by atoms with Crippen LogP contribution in [0.5, 0.6) is 0 Å². The molecular formula is C19H24N2O3. The molecule has 1 spiro atoms. The van der Waals surface area contributed by atoms with Crippen molar-refractivity contribution < 1.29 is 13.6 Å². The van der Waals surface area contributed by atoms with E-state index in [4.69, 9.17) is 8.83 Å². The average molecular weight is 328 g/mol. The van der Waals surface area contributed by atoms with Crippen LogP contribution in [0.25, 0.3) is 0 Å². The summed E-state index contributed by atoms with van der Waals surface area (Å²) in [7, 11) is 0. The Morgan fingerprint density at radius 1 is 1.17 bits per heavy atom. The predicted molar refractivity (Wildman–Crippen MR) is 89.7 cm³/mol. The third kappa shape index (κ3) is 2.77. The monoisotopic (exact) mass is 328 g/mol. The first-order valence-electron chi connectivity index (χ1n) is 8.79. The van der Waals surface area contributed by atoms with Gasteiger partial charge < -0.3 is 13.7 Å². The van der Waals surface area contributed by atoms with Gasteiger partial charge in [-0.3, -0.25) is 9.69 Å². The fourth-order valence-corrected chi connectivity index (χ4v) is 4.23. The van der Waals surface area contributed by atoms with Gasteiger partial charge in [-0.05, 0) is 56.9 Å². The van der Waals surface area contributed by atoms with Gasteiger partial charge in [0, 0.05) is 25.2 Å². The van der Waals surface area contributed by atoms with E-state index >= 15 is 0 Å². The van der Waals surface area contributed by atoms with Gasteiger partial charge in [-0.15, -0.1) is 0 Å². The largest absolute Gasteiger partial charge is 0.465 e. The number of piperidine rings is 1. The summed E-state index contributed by atoms with van der Waals surface area (Å²) in [4.78, 5) is 17.3. The lowest BCUT2D eigenvalue weighted by Gasteiger charge is -2.44. The number of furan rings is 2. The zero-order chi connectivity index (χ0) is 16.6. The maximum atomic E-state index is 12.8. The molecule has 128 valence electrons. The van der Waals surface area contributed by atoms with Gasteiger partial charge >= 0.3 is 0 Å². The van der Waals surface area contributed by atoms with Crippen molar-refractivity contribution in [2.24, 2.45) is 0 Å². The van der Waals surface area contributed by atoms with Crippen molar-refractivity contribution >= 4 is 5.91 Å². The third-order valence-electron chi connectivity index (χ3n) is 5.54. The topological polar surface area (TPSA) is 49.8 Å². The molecule has 0 atom stereocenters. The van der Waals surface area contributed by atoms with E-state index in [0.717, 1.165) is 63.4 Å². The SMILES string of the molecule is Cc1ccc(CN2CCC3(CCCN3C(=O)c3ccco3)CC2)o1. The van der Waals surface area contributed by atoms with Crippen LogP contribution in [-0.4, -0.2) is 40.9 Å². The minimum absolute atomic E-state index is 0.0133. The van der Waals surface area contributed by atoms with Gasteiger partial charge in [0.25, 0.3) is 5.91 Å². The Labute approximate surface area is 142 Å². The molecule has 0 saturated carbocycles. The second kappa shape index (κ2) is 6.13. The highest BCUT2D eigenvalue weighted by atomic mass is 16.3. The quantitative estimate of drug-likeness (QED) is 0.866. The Morgan fingerprint density at radius 2 is 2.00 bits per heavy atom. The van der Waals surface area contributed by atoms with Crippen molar-refractivity contribution in [3.8, 4) is 0 Å². The van der Waals surface area contributed by atoms with E-state index in [1.54, 1.807) is 18.4 Å². The van der Waals surface area contributed by atoms with Crippen molar-refractivity contribution in [2.45, 2.75) is 44.7 Å². The van der Waals surface area contributed by atoms with E-state index in [0.29, 0.717) is 5.76 Å². The summed E-state index contributed by atoms with van der Waals surface area (Å²) >= 11 is 0. The number of nitrogens with zero attached hydrogens (tertiary/aromatic N) is 2. The number of carbonyl (C=O) groups excluding carboxylic acids is 1. The molecule has 2 aromatic rings. The van der Waals surface area contributed by atoms with Crippen LogP contribution >= 0.6 is 0 Å². The standard InChI is InChI=1S/C19H24N2O3/c1-15-5-6-16(24-15)14-20-11-8-19(9-12-20)7-3-10-21(19)18(22)17-4-2-13-23-17/h2,4-6,13H,3,7-12,14H2,1H3. The van der Waals surface area contributed by atoms with Gasteiger partial charge in [-0.25, -0.2) is 0 Å². The van der Waals surface area contributed by atoms with Gasteiger partial charge in [0.2, 0.25) is 0 Å². The molecule has 5 heteroatoms. The molecule has 2 aliphatic rings. The molecule has 0 radical (unpaired) electrons. The molecule has 4 rings (SSSR count). The molecule has 5 nitrogen and oxygen atoms in total. The molecule has 0 N–H and O–H groups in total. The maximum Gasteiger partial charge on any atom is 0.290 e. The molecule has 0 bridgehead atoms. The van der Waals surface area contributed by atoms with Gasteiger partial charge in [-0.2, -0.15) is 0 Å². The first-order valence-corrected chi connectivity index (χ1v) is 8.79. The molecule has 0 aliphatic carbocycles. The Morgan fingerprint density at radius 3 is 2.67 bits per heavy atom. The first kappa shape index (κ1) is 15.5. The fraction of sp³-hybridized carbons (Fsp3) is 0.526. The molecule has 24 heavy (non-hydrogen) atoms. The fourth-order valence-electron chi connectivity index (χ4n) is 4.23. The van der Waals surface area contributed by atoms with Crippen LogP contribution in [0.1, 0.15) is 47.8 Å². The smallest absolute Gasteiger partial charge is 0.290 e. The molecule has 4 heterocycles. The highest BCUT2D eigenvalue weighted by Crippen LogP contribution is 2.39. The number of amides is 1. The number of aryl methyl sites for hydroxylation is 1. The van der Waals surface area contributed by atoms with Crippen LogP contribution < -0.4 is 0 Å². The van der Waals surface area contributed by atoms with Gasteiger partial charge in [0.15, 0.2) is 5.76 Å². The van der Waals surface area contributed by atoms with Crippen LogP contribution in [0.4, 0.5) is 0 Å². The van der Waals surface area contributed by atoms with E-state index in [1.165, 1.54) is 0 Å². The lowest BCUT2D eigenvalue weighted by atomic mass is 9.84. The van der Waals surface area contributed by atoms with Crippen LogP contribution in [0.15, 0.2) is 39.4 Å². The molecule has 0 aromatic carbocycles. The first-order chi connectivity index (χ1) is 11.7. The van der Waals surface area contributed by atoms with Gasteiger partial charge in [0.1, 0.15) is 11.5 Å². The second-order valence-electron chi connectivity index (χ2n) is 7.05. The molecule has 0 unspecified atom stereocenters. The van der Waals surface area contributed by atoms with Crippen molar-refractivity contribution in [3.05, 3.63) is 47.8 Å². The number of likely N-dealkylation sites (tertiary alicyclic amines) is 2. The minimum atomic E-state index is 0.0133. The summed E-state index contributed by atoms with van der Waals surface area (Å²) in [5.74, 6) is 2.50. The number of rotatable bonds is 3. The van der Waals surface area contributed by atoms with Gasteiger partial charge in [-0.1, -0.05) is 0 Å². The van der Waals surface area contributed by atoms with Crippen molar-refractivity contribution in [1.82, 2.24) is 9.80 Å². The molecule has 2 saturated heterocycles. The zero-order valence-electron chi connectivity index (χ0n) is 14.2. The summed E-state index contributed by atoms with van der Waals surface area (Å²) in [6.07, 6.45) is 5.82. The summed E-state index contributed by atoms with van der Waals surface area (Å²) in [6.45, 7) is 5.68. The second-order valence-corrected chi connectivity index (χ2v) is 7.05. The van der Waals surface area contributed by atoms with E-state index in [1.807, 2.05) is 13.0 Å². The minimum Gasteiger partial charge on any atom is -0.465 e. The Balaban J connectivity index is 1.42. The number of carbonyl (C=O) groups is 1. The van der Waals surface area contributed by atoms with Crippen LogP contribution in [0.2, 0.25) is 0 Å². The lowest BCUT2D eigenvalue weighted by Crippen LogP contribution is -2.53. The summed E-state index contributed by atoms with van der Waals surface area (Å²) in [5.41, 5.74) is 0.0133. The van der Waals surface area contributed by atoms with Crippen LogP contribution in [0.3, 0.4) is 0 Å². The van der Waals surface area contributed by atoms with E-state index in [9.17, 15) is 4.79 Å². The van der Waals surface area contributed by atoms with E-state index in [-0.39, 0.29) is 11.4 Å². The molecule has 2 fully saturated rings. The lowest BCUT2D eigenvalue weighted by molar-refractivity contribution is 0.0321. The van der Waals surface area contributed by atoms with Crippen molar-refractivity contribution in [1.29, 1.82) is 0 Å². The third-order valence-corrected chi connectivity index (χ3v) is 5.54.